The van der Waals surface area contributed by atoms with Crippen LogP contribution in [0.3, 0.4) is 0 Å². The number of benzene rings is 1. The van der Waals surface area contributed by atoms with E-state index in [0.29, 0.717) is 30.8 Å². The van der Waals surface area contributed by atoms with E-state index in [1.165, 1.54) is 16.4 Å². The summed E-state index contributed by atoms with van der Waals surface area (Å²) in [6, 6.07) is 2.52. The molecule has 0 radical (unpaired) electrons. The van der Waals surface area contributed by atoms with E-state index in [4.69, 9.17) is 5.73 Å². The van der Waals surface area contributed by atoms with Crippen molar-refractivity contribution in [3.63, 3.8) is 0 Å². The Balaban J connectivity index is 2.43. The van der Waals surface area contributed by atoms with Crippen LogP contribution in [0.4, 0.5) is 4.39 Å². The first-order valence-corrected chi connectivity index (χ1v) is 8.11. The van der Waals surface area contributed by atoms with Crippen LogP contribution in [0.5, 0.6) is 0 Å². The summed E-state index contributed by atoms with van der Waals surface area (Å²) in [4.78, 5) is 0.222. The Morgan fingerprint density at radius 3 is 2.35 bits per heavy atom. The van der Waals surface area contributed by atoms with Crippen molar-refractivity contribution in [2.24, 2.45) is 11.1 Å². The van der Waals surface area contributed by atoms with Gasteiger partial charge in [-0.25, -0.2) is 12.8 Å². The maximum absolute atomic E-state index is 13.3. The second kappa shape index (κ2) is 5.09. The zero-order valence-corrected chi connectivity index (χ0v) is 12.9. The molecule has 0 saturated carbocycles. The van der Waals surface area contributed by atoms with Crippen LogP contribution in [0, 0.1) is 25.1 Å². The molecule has 0 amide bonds. The Labute approximate surface area is 119 Å². The molecule has 1 aliphatic heterocycles. The number of nitrogens with two attached hydrogens (primary N) is 1. The molecule has 1 heterocycles. The summed E-state index contributed by atoms with van der Waals surface area (Å²) in [6.45, 7) is 6.59. The van der Waals surface area contributed by atoms with Gasteiger partial charge in [-0.1, -0.05) is 6.92 Å². The molecule has 6 heteroatoms. The highest BCUT2D eigenvalue weighted by atomic mass is 32.2. The minimum absolute atomic E-state index is 0.172. The number of rotatable bonds is 3. The van der Waals surface area contributed by atoms with E-state index in [-0.39, 0.29) is 10.3 Å². The number of halogens is 1. The molecular formula is C14H21FN2O2S. The van der Waals surface area contributed by atoms with Crippen molar-refractivity contribution in [3.8, 4) is 0 Å². The monoisotopic (exact) mass is 300 g/mol. The molecule has 0 aromatic heterocycles. The summed E-state index contributed by atoms with van der Waals surface area (Å²) < 4.78 is 40.3. The van der Waals surface area contributed by atoms with Crippen molar-refractivity contribution < 1.29 is 12.8 Å². The van der Waals surface area contributed by atoms with Gasteiger partial charge in [-0.05, 0) is 55.5 Å². The lowest BCUT2D eigenvalue weighted by Crippen LogP contribution is -2.35. The number of aryl methyl sites for hydroxylation is 2. The van der Waals surface area contributed by atoms with Crippen LogP contribution in [0.25, 0.3) is 0 Å². The lowest BCUT2D eigenvalue weighted by atomic mass is 9.90. The van der Waals surface area contributed by atoms with Crippen molar-refractivity contribution in [2.75, 3.05) is 19.6 Å². The molecule has 0 bridgehead atoms. The van der Waals surface area contributed by atoms with Gasteiger partial charge in [0, 0.05) is 13.1 Å². The van der Waals surface area contributed by atoms with Crippen LogP contribution in [0.15, 0.2) is 17.0 Å². The molecule has 20 heavy (non-hydrogen) atoms. The fraction of sp³-hybridized carbons (Fsp3) is 0.571. The standard InChI is InChI=1S/C14H21FN2O2S/c1-10-6-12(15)7-11(2)13(10)20(18,19)17-5-4-14(3,8-16)9-17/h6-7H,4-5,8-9,16H2,1-3H3. The smallest absolute Gasteiger partial charge is 0.243 e. The number of nitrogens with zero attached hydrogens (tertiary/aromatic N) is 1. The Bertz CT molecular complexity index is 607. The summed E-state index contributed by atoms with van der Waals surface area (Å²) >= 11 is 0. The normalized spacial score (nSPS) is 24.2. The third kappa shape index (κ3) is 2.60. The van der Waals surface area contributed by atoms with E-state index >= 15 is 0 Å². The van der Waals surface area contributed by atoms with E-state index < -0.39 is 15.8 Å². The first-order chi connectivity index (χ1) is 9.19. The summed E-state index contributed by atoms with van der Waals surface area (Å²) in [5.41, 5.74) is 6.45. The highest BCUT2D eigenvalue weighted by Gasteiger charge is 2.39. The Morgan fingerprint density at radius 1 is 1.35 bits per heavy atom. The van der Waals surface area contributed by atoms with Crippen LogP contribution < -0.4 is 5.73 Å². The first kappa shape index (κ1) is 15.4. The van der Waals surface area contributed by atoms with Gasteiger partial charge < -0.3 is 5.73 Å². The summed E-state index contributed by atoms with van der Waals surface area (Å²) in [7, 11) is -3.59. The Kier molecular flexibility index (Phi) is 3.92. The van der Waals surface area contributed by atoms with Gasteiger partial charge in [0.15, 0.2) is 0 Å². The molecule has 1 unspecified atom stereocenters. The number of hydrogen-bond donors (Lipinski definition) is 1. The van der Waals surface area contributed by atoms with E-state index in [9.17, 15) is 12.8 Å². The number of hydrogen-bond acceptors (Lipinski definition) is 3. The van der Waals surface area contributed by atoms with E-state index in [2.05, 4.69) is 0 Å². The predicted molar refractivity (Wildman–Crippen MR) is 76.4 cm³/mol. The maximum atomic E-state index is 13.3. The van der Waals surface area contributed by atoms with E-state index in [1.54, 1.807) is 13.8 Å². The van der Waals surface area contributed by atoms with Crippen molar-refractivity contribution in [2.45, 2.75) is 32.1 Å². The molecular weight excluding hydrogens is 279 g/mol. The van der Waals surface area contributed by atoms with Gasteiger partial charge in [0.05, 0.1) is 4.90 Å². The van der Waals surface area contributed by atoms with Crippen LogP contribution in [0.1, 0.15) is 24.5 Å². The topological polar surface area (TPSA) is 63.4 Å². The van der Waals surface area contributed by atoms with Gasteiger partial charge in [0.2, 0.25) is 10.0 Å². The molecule has 4 nitrogen and oxygen atoms in total. The fourth-order valence-electron chi connectivity index (χ4n) is 2.78. The Hall–Kier alpha value is -0.980. The molecule has 2 rings (SSSR count). The first-order valence-electron chi connectivity index (χ1n) is 6.67. The molecule has 0 aliphatic carbocycles. The minimum atomic E-state index is -3.59. The molecule has 1 aromatic carbocycles. The largest absolute Gasteiger partial charge is 0.330 e. The Morgan fingerprint density at radius 2 is 1.90 bits per heavy atom. The predicted octanol–water partition coefficient (Wildman–Crippen LogP) is 1.80. The van der Waals surface area contributed by atoms with Gasteiger partial charge in [0.25, 0.3) is 0 Å². The van der Waals surface area contributed by atoms with Crippen molar-refractivity contribution >= 4 is 10.0 Å². The summed E-state index contributed by atoms with van der Waals surface area (Å²) in [5.74, 6) is -0.410. The lowest BCUT2D eigenvalue weighted by Gasteiger charge is -2.23. The van der Waals surface area contributed by atoms with Crippen LogP contribution >= 0.6 is 0 Å². The summed E-state index contributed by atoms with van der Waals surface area (Å²) in [6.07, 6.45) is 0.752. The van der Waals surface area contributed by atoms with Crippen molar-refractivity contribution in [3.05, 3.63) is 29.1 Å². The van der Waals surface area contributed by atoms with Gasteiger partial charge in [-0.2, -0.15) is 4.31 Å². The van der Waals surface area contributed by atoms with E-state index in [1.807, 2.05) is 6.92 Å². The van der Waals surface area contributed by atoms with E-state index in [0.717, 1.165) is 6.42 Å². The highest BCUT2D eigenvalue weighted by Crippen LogP contribution is 2.34. The molecule has 2 N–H and O–H groups in total. The molecule has 112 valence electrons. The molecule has 1 saturated heterocycles. The second-order valence-corrected chi connectivity index (χ2v) is 7.85. The van der Waals surface area contributed by atoms with Crippen molar-refractivity contribution in [1.82, 2.24) is 4.31 Å². The second-order valence-electron chi connectivity index (χ2n) is 5.97. The lowest BCUT2D eigenvalue weighted by molar-refractivity contribution is 0.349. The van der Waals surface area contributed by atoms with Crippen LogP contribution in [-0.2, 0) is 10.0 Å². The van der Waals surface area contributed by atoms with Crippen LogP contribution in [-0.4, -0.2) is 32.4 Å². The van der Waals surface area contributed by atoms with Gasteiger partial charge in [-0.3, -0.25) is 0 Å². The minimum Gasteiger partial charge on any atom is -0.330 e. The SMILES string of the molecule is Cc1cc(F)cc(C)c1S(=O)(=O)N1CCC(C)(CN)C1. The maximum Gasteiger partial charge on any atom is 0.243 e. The molecule has 1 atom stereocenters. The molecule has 1 fully saturated rings. The molecule has 0 spiro atoms. The van der Waals surface area contributed by atoms with Crippen molar-refractivity contribution in [1.29, 1.82) is 0 Å². The quantitative estimate of drug-likeness (QED) is 0.926. The molecule has 1 aromatic rings. The highest BCUT2D eigenvalue weighted by molar-refractivity contribution is 7.89. The van der Waals surface area contributed by atoms with Crippen LogP contribution in [0.2, 0.25) is 0 Å². The third-order valence-corrected chi connectivity index (χ3v) is 6.19. The average Bonchev–Trinajstić information content (AvgIpc) is 2.71. The zero-order chi connectivity index (χ0) is 15.1. The van der Waals surface area contributed by atoms with Gasteiger partial charge in [-0.15, -0.1) is 0 Å². The number of sulfonamides is 1. The van der Waals surface area contributed by atoms with Gasteiger partial charge in [0.1, 0.15) is 5.82 Å². The van der Waals surface area contributed by atoms with Gasteiger partial charge >= 0.3 is 0 Å². The third-order valence-electron chi connectivity index (χ3n) is 4.04. The molecule has 1 aliphatic rings. The fourth-order valence-corrected chi connectivity index (χ4v) is 4.79. The summed E-state index contributed by atoms with van der Waals surface area (Å²) in [5, 5.41) is 0. The average molecular weight is 300 g/mol. The zero-order valence-electron chi connectivity index (χ0n) is 12.1.